The molecule has 4 aliphatic rings. The van der Waals surface area contributed by atoms with Crippen molar-refractivity contribution < 1.29 is 14.8 Å². The van der Waals surface area contributed by atoms with Crippen LogP contribution in [0.1, 0.15) is 70.4 Å². The van der Waals surface area contributed by atoms with Crippen LogP contribution in [0.4, 0.5) is 0 Å². The summed E-state index contributed by atoms with van der Waals surface area (Å²) in [6.07, 6.45) is 10.2. The van der Waals surface area contributed by atoms with E-state index in [1.165, 1.54) is 38.5 Å². The van der Waals surface area contributed by atoms with E-state index in [1.54, 1.807) is 11.5 Å². The second-order valence-corrected chi connectivity index (χ2v) is 11.4. The minimum Gasteiger partial charge on any atom is -0.351 e. The van der Waals surface area contributed by atoms with Crippen LogP contribution >= 0.6 is 0 Å². The summed E-state index contributed by atoms with van der Waals surface area (Å²) in [7, 11) is 0. The van der Waals surface area contributed by atoms with Gasteiger partial charge in [-0.1, -0.05) is 12.1 Å². The lowest BCUT2D eigenvalue weighted by atomic mass is 9.49. The van der Waals surface area contributed by atoms with Crippen molar-refractivity contribution in [3.8, 4) is 0 Å². The zero-order chi connectivity index (χ0) is 24.2. The SMILES string of the molecule is Cc1cc(Cn2ccc3cc(C(=O)NCC45CC6CC(CC(C6)C4)C5)ccc32)ccc1C(=O)NO. The second-order valence-electron chi connectivity index (χ2n) is 11.4. The van der Waals surface area contributed by atoms with Gasteiger partial charge in [-0.2, -0.15) is 0 Å². The van der Waals surface area contributed by atoms with Gasteiger partial charge in [0.1, 0.15) is 0 Å². The maximum atomic E-state index is 13.1. The Morgan fingerprint density at radius 1 is 0.971 bits per heavy atom. The molecule has 4 fully saturated rings. The number of hydroxylamine groups is 1. The Morgan fingerprint density at radius 2 is 1.69 bits per heavy atom. The number of carbonyl (C=O) groups excluding carboxylic acids is 2. The molecule has 0 unspecified atom stereocenters. The van der Waals surface area contributed by atoms with E-state index < -0.39 is 5.91 Å². The standard InChI is InChI=1S/C29H33N3O3/c1-18-8-19(2-4-25(18)28(34)31-35)16-32-7-6-23-12-24(3-5-26(23)32)27(33)30-17-29-13-20-9-21(14-29)11-22(10-20)15-29/h2-8,12,20-22,35H,9-11,13-17H2,1H3,(H,30,33)(H,31,34). The smallest absolute Gasteiger partial charge is 0.274 e. The number of hydrogen-bond donors (Lipinski definition) is 3. The first-order valence-electron chi connectivity index (χ1n) is 12.8. The van der Waals surface area contributed by atoms with Crippen LogP contribution < -0.4 is 10.8 Å². The number of aryl methyl sites for hydroxylation is 1. The maximum Gasteiger partial charge on any atom is 0.274 e. The van der Waals surface area contributed by atoms with Crippen molar-refractivity contribution in [3.05, 3.63) is 70.9 Å². The van der Waals surface area contributed by atoms with E-state index in [9.17, 15) is 9.59 Å². The van der Waals surface area contributed by atoms with Gasteiger partial charge in [0.15, 0.2) is 0 Å². The molecule has 182 valence electrons. The van der Waals surface area contributed by atoms with Crippen LogP contribution in [0, 0.1) is 30.1 Å². The number of aromatic nitrogens is 1. The highest BCUT2D eigenvalue weighted by Gasteiger charge is 2.50. The Hall–Kier alpha value is -3.12. The molecule has 0 spiro atoms. The third kappa shape index (κ3) is 4.14. The molecule has 35 heavy (non-hydrogen) atoms. The van der Waals surface area contributed by atoms with Crippen LogP contribution in [0.5, 0.6) is 0 Å². The van der Waals surface area contributed by atoms with Gasteiger partial charge in [-0.05, 0) is 110 Å². The summed E-state index contributed by atoms with van der Waals surface area (Å²) in [5.41, 5.74) is 6.14. The van der Waals surface area contributed by atoms with Crippen LogP contribution in [0.25, 0.3) is 10.9 Å². The molecule has 7 rings (SSSR count). The average molecular weight is 472 g/mol. The summed E-state index contributed by atoms with van der Waals surface area (Å²) < 4.78 is 2.15. The molecule has 4 bridgehead atoms. The van der Waals surface area contributed by atoms with E-state index in [0.29, 0.717) is 17.5 Å². The molecule has 0 atom stereocenters. The minimum atomic E-state index is -0.505. The molecule has 3 aromatic rings. The van der Waals surface area contributed by atoms with Gasteiger partial charge in [0.05, 0.1) is 0 Å². The molecular weight excluding hydrogens is 438 g/mol. The summed E-state index contributed by atoms with van der Waals surface area (Å²) >= 11 is 0. The Labute approximate surface area is 205 Å². The first-order chi connectivity index (χ1) is 16.9. The second kappa shape index (κ2) is 8.52. The molecule has 2 aromatic carbocycles. The van der Waals surface area contributed by atoms with Crippen molar-refractivity contribution in [2.24, 2.45) is 23.2 Å². The number of fused-ring (bicyclic) bond motifs is 1. The quantitative estimate of drug-likeness (QED) is 0.347. The van der Waals surface area contributed by atoms with Crippen LogP contribution in [-0.2, 0) is 6.54 Å². The average Bonchev–Trinajstić information content (AvgIpc) is 3.23. The Morgan fingerprint density at radius 3 is 2.34 bits per heavy atom. The lowest BCUT2D eigenvalue weighted by Crippen LogP contribution is -2.51. The molecule has 6 heteroatoms. The monoisotopic (exact) mass is 471 g/mol. The van der Waals surface area contributed by atoms with Crippen molar-refractivity contribution >= 4 is 22.7 Å². The molecule has 4 saturated carbocycles. The molecule has 2 amide bonds. The molecule has 6 nitrogen and oxygen atoms in total. The Kier molecular flexibility index (Phi) is 5.44. The summed E-state index contributed by atoms with van der Waals surface area (Å²) in [6, 6.07) is 13.6. The predicted octanol–water partition coefficient (Wildman–Crippen LogP) is 5.06. The minimum absolute atomic E-state index is 0.0313. The normalized spacial score (nSPS) is 26.7. The first kappa shape index (κ1) is 22.4. The van der Waals surface area contributed by atoms with E-state index in [1.807, 2.05) is 49.5 Å². The maximum absolute atomic E-state index is 13.1. The van der Waals surface area contributed by atoms with Crippen molar-refractivity contribution in [2.45, 2.75) is 52.0 Å². The third-order valence-electron chi connectivity index (χ3n) is 8.81. The van der Waals surface area contributed by atoms with Crippen LogP contribution in [-0.4, -0.2) is 28.1 Å². The molecular formula is C29H33N3O3. The predicted molar refractivity (Wildman–Crippen MR) is 134 cm³/mol. The fourth-order valence-corrected chi connectivity index (χ4v) is 7.69. The van der Waals surface area contributed by atoms with Gasteiger partial charge in [-0.15, -0.1) is 0 Å². The van der Waals surface area contributed by atoms with Crippen molar-refractivity contribution in [3.63, 3.8) is 0 Å². The number of nitrogens with one attached hydrogen (secondary N) is 2. The third-order valence-corrected chi connectivity index (χ3v) is 8.81. The van der Waals surface area contributed by atoms with Gasteiger partial charge in [-0.3, -0.25) is 14.8 Å². The fourth-order valence-electron chi connectivity index (χ4n) is 7.69. The lowest BCUT2D eigenvalue weighted by molar-refractivity contribution is -0.0503. The highest BCUT2D eigenvalue weighted by molar-refractivity contribution is 5.98. The zero-order valence-corrected chi connectivity index (χ0v) is 20.2. The van der Waals surface area contributed by atoms with Crippen molar-refractivity contribution in [2.75, 3.05) is 6.54 Å². The van der Waals surface area contributed by atoms with E-state index in [0.717, 1.165) is 51.9 Å². The van der Waals surface area contributed by atoms with Crippen LogP contribution in [0.3, 0.4) is 0 Å². The highest BCUT2D eigenvalue weighted by Crippen LogP contribution is 2.59. The number of amides is 2. The summed E-state index contributed by atoms with van der Waals surface area (Å²) in [5.74, 6) is 2.20. The molecule has 1 heterocycles. The summed E-state index contributed by atoms with van der Waals surface area (Å²) in [5, 5.41) is 13.2. The van der Waals surface area contributed by atoms with Gasteiger partial charge >= 0.3 is 0 Å². The van der Waals surface area contributed by atoms with Gasteiger partial charge in [-0.25, -0.2) is 5.48 Å². The molecule has 0 radical (unpaired) electrons. The van der Waals surface area contributed by atoms with E-state index in [4.69, 9.17) is 5.21 Å². The lowest BCUT2D eigenvalue weighted by Gasteiger charge is -2.56. The van der Waals surface area contributed by atoms with E-state index in [-0.39, 0.29) is 5.91 Å². The first-order valence-corrected chi connectivity index (χ1v) is 12.8. The van der Waals surface area contributed by atoms with E-state index in [2.05, 4.69) is 9.88 Å². The topological polar surface area (TPSA) is 83.4 Å². The van der Waals surface area contributed by atoms with Gasteiger partial charge in [0, 0.05) is 41.3 Å². The van der Waals surface area contributed by atoms with Crippen molar-refractivity contribution in [1.29, 1.82) is 0 Å². The summed E-state index contributed by atoms with van der Waals surface area (Å²) in [4.78, 5) is 24.8. The Balaban J connectivity index is 1.14. The largest absolute Gasteiger partial charge is 0.351 e. The van der Waals surface area contributed by atoms with Crippen LogP contribution in [0.15, 0.2) is 48.7 Å². The van der Waals surface area contributed by atoms with Crippen molar-refractivity contribution in [1.82, 2.24) is 15.4 Å². The molecule has 0 aliphatic heterocycles. The molecule has 1 aromatic heterocycles. The highest BCUT2D eigenvalue weighted by atomic mass is 16.5. The van der Waals surface area contributed by atoms with Crippen LogP contribution in [0.2, 0.25) is 0 Å². The number of benzene rings is 2. The number of rotatable bonds is 6. The summed E-state index contributed by atoms with van der Waals surface area (Å²) in [6.45, 7) is 3.33. The van der Waals surface area contributed by atoms with Gasteiger partial charge in [0.25, 0.3) is 11.8 Å². The number of hydrogen-bond acceptors (Lipinski definition) is 3. The Bertz CT molecular complexity index is 1270. The zero-order valence-electron chi connectivity index (χ0n) is 20.2. The fraction of sp³-hybridized carbons (Fsp3) is 0.448. The molecule has 4 aliphatic carbocycles. The number of carbonyl (C=O) groups is 2. The molecule has 0 saturated heterocycles. The van der Waals surface area contributed by atoms with Gasteiger partial charge in [0.2, 0.25) is 0 Å². The van der Waals surface area contributed by atoms with E-state index >= 15 is 0 Å². The number of nitrogens with zero attached hydrogens (tertiary/aromatic N) is 1. The molecule has 3 N–H and O–H groups in total. The van der Waals surface area contributed by atoms with Gasteiger partial charge < -0.3 is 9.88 Å².